The Hall–Kier alpha value is -1.55. The zero-order valence-electron chi connectivity index (χ0n) is 10.5. The van der Waals surface area contributed by atoms with Crippen LogP contribution in [0.3, 0.4) is 0 Å². The molecule has 3 N–H and O–H groups in total. The van der Waals surface area contributed by atoms with Gasteiger partial charge in [0.15, 0.2) is 5.82 Å². The number of pyridine rings is 1. The summed E-state index contributed by atoms with van der Waals surface area (Å²) < 4.78 is 1.08. The number of hydrogen-bond donors (Lipinski definition) is 2. The van der Waals surface area contributed by atoms with Crippen molar-refractivity contribution in [1.82, 2.24) is 4.98 Å². The van der Waals surface area contributed by atoms with E-state index in [9.17, 15) is 0 Å². The molecule has 0 amide bonds. The Balaban J connectivity index is 2.37. The van der Waals surface area contributed by atoms with E-state index in [1.807, 2.05) is 25.1 Å². The largest absolute Gasteiger partial charge is 0.396 e. The molecule has 2 aromatic rings. The van der Waals surface area contributed by atoms with E-state index in [0.717, 1.165) is 22.1 Å². The zero-order chi connectivity index (χ0) is 13.1. The first-order chi connectivity index (χ1) is 8.61. The summed E-state index contributed by atoms with van der Waals surface area (Å²) in [6, 6.07) is 8.05. The summed E-state index contributed by atoms with van der Waals surface area (Å²) >= 11 is 3.48. The fourth-order valence-electron chi connectivity index (χ4n) is 1.77. The van der Waals surface area contributed by atoms with E-state index in [4.69, 9.17) is 5.73 Å². The molecule has 1 aromatic carbocycles. The highest BCUT2D eigenvalue weighted by Crippen LogP contribution is 2.27. The molecule has 0 radical (unpaired) electrons. The lowest BCUT2D eigenvalue weighted by Gasteiger charge is -2.13. The van der Waals surface area contributed by atoms with Crippen molar-refractivity contribution < 1.29 is 0 Å². The number of aryl methyl sites for hydroxylation is 2. The van der Waals surface area contributed by atoms with Gasteiger partial charge in [0, 0.05) is 16.4 Å². The summed E-state index contributed by atoms with van der Waals surface area (Å²) in [6.45, 7) is 4.10. The van der Waals surface area contributed by atoms with E-state index in [0.29, 0.717) is 11.5 Å². The van der Waals surface area contributed by atoms with Crippen molar-refractivity contribution >= 4 is 33.1 Å². The Labute approximate surface area is 116 Å². The van der Waals surface area contributed by atoms with E-state index in [1.165, 1.54) is 5.56 Å². The van der Waals surface area contributed by atoms with Gasteiger partial charge in [0.25, 0.3) is 0 Å². The van der Waals surface area contributed by atoms with Gasteiger partial charge in [-0.25, -0.2) is 4.98 Å². The minimum atomic E-state index is 0.697. The lowest BCUT2D eigenvalue weighted by molar-refractivity contribution is 1.13. The number of benzene rings is 1. The number of hydrogen-bond acceptors (Lipinski definition) is 3. The molecule has 3 nitrogen and oxygen atoms in total. The summed E-state index contributed by atoms with van der Waals surface area (Å²) in [6.07, 6.45) is 2.71. The SMILES string of the molecule is CCc1cc(Br)ccc1Nc1nccc(C)c1N. The molecule has 18 heavy (non-hydrogen) atoms. The maximum Gasteiger partial charge on any atom is 0.153 e. The van der Waals surface area contributed by atoms with E-state index >= 15 is 0 Å². The van der Waals surface area contributed by atoms with Crippen LogP contribution in [0.5, 0.6) is 0 Å². The van der Waals surface area contributed by atoms with Crippen LogP contribution in [-0.4, -0.2) is 4.98 Å². The smallest absolute Gasteiger partial charge is 0.153 e. The summed E-state index contributed by atoms with van der Waals surface area (Å²) in [5.41, 5.74) is 10.0. The van der Waals surface area contributed by atoms with Crippen molar-refractivity contribution in [3.63, 3.8) is 0 Å². The lowest BCUT2D eigenvalue weighted by atomic mass is 10.1. The van der Waals surface area contributed by atoms with Gasteiger partial charge in [-0.15, -0.1) is 0 Å². The number of aromatic nitrogens is 1. The van der Waals surface area contributed by atoms with E-state index in [-0.39, 0.29) is 0 Å². The molecule has 1 heterocycles. The van der Waals surface area contributed by atoms with E-state index < -0.39 is 0 Å². The van der Waals surface area contributed by atoms with Gasteiger partial charge < -0.3 is 11.1 Å². The van der Waals surface area contributed by atoms with Crippen molar-refractivity contribution in [2.45, 2.75) is 20.3 Å². The molecule has 1 aromatic heterocycles. The molecule has 2 rings (SSSR count). The minimum Gasteiger partial charge on any atom is -0.396 e. The molecule has 0 fully saturated rings. The molecule has 0 aliphatic heterocycles. The Kier molecular flexibility index (Phi) is 3.87. The number of halogens is 1. The molecule has 0 atom stereocenters. The van der Waals surface area contributed by atoms with Gasteiger partial charge in [0.1, 0.15) is 0 Å². The zero-order valence-corrected chi connectivity index (χ0v) is 12.1. The fourth-order valence-corrected chi connectivity index (χ4v) is 2.18. The topological polar surface area (TPSA) is 50.9 Å². The van der Waals surface area contributed by atoms with Crippen molar-refractivity contribution in [1.29, 1.82) is 0 Å². The summed E-state index contributed by atoms with van der Waals surface area (Å²) in [7, 11) is 0. The molecule has 0 aliphatic rings. The van der Waals surface area contributed by atoms with Crippen LogP contribution in [0.1, 0.15) is 18.1 Å². The highest BCUT2D eigenvalue weighted by molar-refractivity contribution is 9.10. The molecule has 0 aliphatic carbocycles. The third-order valence-corrected chi connectivity index (χ3v) is 3.40. The van der Waals surface area contributed by atoms with Gasteiger partial charge in [-0.2, -0.15) is 0 Å². The number of nitrogens with one attached hydrogen (secondary N) is 1. The predicted octanol–water partition coefficient (Wildman–Crippen LogP) is 4.04. The molecule has 0 saturated carbocycles. The summed E-state index contributed by atoms with van der Waals surface area (Å²) in [5, 5.41) is 3.30. The maximum absolute atomic E-state index is 6.02. The van der Waals surface area contributed by atoms with E-state index in [2.05, 4.69) is 39.2 Å². The highest BCUT2D eigenvalue weighted by Gasteiger charge is 2.06. The van der Waals surface area contributed by atoms with Crippen LogP contribution in [0.15, 0.2) is 34.9 Å². The van der Waals surface area contributed by atoms with Crippen LogP contribution < -0.4 is 11.1 Å². The second kappa shape index (κ2) is 5.40. The quantitative estimate of drug-likeness (QED) is 0.899. The van der Waals surface area contributed by atoms with Crippen LogP contribution >= 0.6 is 15.9 Å². The maximum atomic E-state index is 6.02. The molecule has 94 valence electrons. The Morgan fingerprint density at radius 2 is 2.11 bits per heavy atom. The van der Waals surface area contributed by atoms with Crippen LogP contribution in [0, 0.1) is 6.92 Å². The lowest BCUT2D eigenvalue weighted by Crippen LogP contribution is -2.02. The van der Waals surface area contributed by atoms with Gasteiger partial charge in [-0.05, 0) is 48.7 Å². The summed E-state index contributed by atoms with van der Waals surface area (Å²) in [5.74, 6) is 0.715. The first kappa shape index (κ1) is 12.9. The Bertz CT molecular complexity index is 567. The Morgan fingerprint density at radius 1 is 1.33 bits per heavy atom. The Morgan fingerprint density at radius 3 is 2.83 bits per heavy atom. The third kappa shape index (κ3) is 2.64. The second-order valence-electron chi connectivity index (χ2n) is 4.17. The van der Waals surface area contributed by atoms with Crippen molar-refractivity contribution in [3.05, 3.63) is 46.1 Å². The molecular formula is C14H16BrN3. The third-order valence-electron chi connectivity index (χ3n) is 2.91. The average Bonchev–Trinajstić information content (AvgIpc) is 2.37. The van der Waals surface area contributed by atoms with Gasteiger partial charge in [0.2, 0.25) is 0 Å². The second-order valence-corrected chi connectivity index (χ2v) is 5.09. The molecule has 4 heteroatoms. The first-order valence-electron chi connectivity index (χ1n) is 5.88. The van der Waals surface area contributed by atoms with Gasteiger partial charge >= 0.3 is 0 Å². The summed E-state index contributed by atoms with van der Waals surface area (Å²) in [4.78, 5) is 4.28. The van der Waals surface area contributed by atoms with Gasteiger partial charge in [-0.1, -0.05) is 22.9 Å². The molecule has 0 spiro atoms. The van der Waals surface area contributed by atoms with Crippen LogP contribution in [0.4, 0.5) is 17.2 Å². The van der Waals surface area contributed by atoms with Crippen LogP contribution in [-0.2, 0) is 6.42 Å². The number of nitrogens with two attached hydrogens (primary N) is 1. The predicted molar refractivity (Wildman–Crippen MR) is 80.2 cm³/mol. The van der Waals surface area contributed by atoms with Crippen molar-refractivity contribution in [2.24, 2.45) is 0 Å². The van der Waals surface area contributed by atoms with Gasteiger partial charge in [-0.3, -0.25) is 0 Å². The van der Waals surface area contributed by atoms with Crippen molar-refractivity contribution in [2.75, 3.05) is 11.1 Å². The molecular weight excluding hydrogens is 290 g/mol. The minimum absolute atomic E-state index is 0.697. The highest BCUT2D eigenvalue weighted by atomic mass is 79.9. The molecule has 0 bridgehead atoms. The number of rotatable bonds is 3. The molecule has 0 saturated heterocycles. The first-order valence-corrected chi connectivity index (χ1v) is 6.67. The monoisotopic (exact) mass is 305 g/mol. The average molecular weight is 306 g/mol. The van der Waals surface area contributed by atoms with Crippen molar-refractivity contribution in [3.8, 4) is 0 Å². The fraction of sp³-hybridized carbons (Fsp3) is 0.214. The van der Waals surface area contributed by atoms with Gasteiger partial charge in [0.05, 0.1) is 5.69 Å². The number of nitrogen functional groups attached to an aromatic ring is 1. The number of anilines is 3. The standard InChI is InChI=1S/C14H16BrN3/c1-3-10-8-11(15)4-5-12(10)18-14-13(16)9(2)6-7-17-14/h4-8H,3,16H2,1-2H3,(H,17,18). The van der Waals surface area contributed by atoms with Crippen LogP contribution in [0.25, 0.3) is 0 Å². The molecule has 0 unspecified atom stereocenters. The number of nitrogens with zero attached hydrogens (tertiary/aromatic N) is 1. The van der Waals surface area contributed by atoms with E-state index in [1.54, 1.807) is 6.20 Å². The normalized spacial score (nSPS) is 10.4. The van der Waals surface area contributed by atoms with Crippen LogP contribution in [0.2, 0.25) is 0 Å².